The number of rotatable bonds is 6. The van der Waals surface area contributed by atoms with Crippen LogP contribution in [0.25, 0.3) is 11.2 Å². The number of nitrogens with one attached hydrogen (secondary N) is 1. The molecule has 1 aliphatic heterocycles. The number of aliphatic hydroxyl groups excluding tert-OH is 2. The summed E-state index contributed by atoms with van der Waals surface area (Å²) in [6.07, 6.45) is -4.85. The third-order valence-electron chi connectivity index (χ3n) is 3.64. The van der Waals surface area contributed by atoms with E-state index in [1.165, 1.54) is 4.57 Å². The van der Waals surface area contributed by atoms with Gasteiger partial charge in [0.1, 0.15) is 18.3 Å². The fraction of sp³-hybridized carbons (Fsp3) is 0.500. The minimum Gasteiger partial charge on any atom is -0.387 e. The van der Waals surface area contributed by atoms with Crippen molar-refractivity contribution in [1.82, 2.24) is 19.5 Å². The van der Waals surface area contributed by atoms with Crippen LogP contribution in [0.2, 0.25) is 0 Å². The van der Waals surface area contributed by atoms with Crippen molar-refractivity contribution in [3.8, 4) is 0 Å². The maximum absolute atomic E-state index is 11.8. The summed E-state index contributed by atoms with van der Waals surface area (Å²) < 4.78 is 36.8. The molecule has 2 aromatic rings. The molecular formula is C10H13BrN4Na2O11P2. The number of halogens is 1. The molecule has 0 saturated carbocycles. The number of hydrogen-bond donors (Lipinski definition) is 6. The molecule has 1 aliphatic rings. The van der Waals surface area contributed by atoms with E-state index in [9.17, 15) is 29.0 Å². The van der Waals surface area contributed by atoms with Crippen molar-refractivity contribution in [2.45, 2.75) is 24.5 Å². The van der Waals surface area contributed by atoms with E-state index in [-0.39, 0.29) is 75.0 Å². The van der Waals surface area contributed by atoms with Gasteiger partial charge in [-0.3, -0.25) is 13.9 Å². The standard InChI is InChI=1S/C10H13BrN4O11P2.2Na/c11-10-14-4-7(12-2-13-8(4)18)15(10)9-6(17)5(16)3(25-9)1-24-28(22,23)26-27(19,20)21;;/h2-3,5-6,9,16-17H,1H2,(H,22,23)(H,12,13,18)(H2,19,20,21);;/t3-,5-,6-,9-;;/m1../s1. The number of phosphoric acid groups is 2. The minimum atomic E-state index is -5.32. The molecule has 1 unspecified atom stereocenters. The number of hydrogen-bond acceptors (Lipinski definition) is 10. The first kappa shape index (κ1) is 29.0. The molecule has 2 radical (unpaired) electrons. The van der Waals surface area contributed by atoms with Gasteiger partial charge in [0, 0.05) is 59.1 Å². The number of phosphoric ester groups is 1. The number of aromatic nitrogens is 4. The summed E-state index contributed by atoms with van der Waals surface area (Å²) in [7, 11) is -10.5. The van der Waals surface area contributed by atoms with Gasteiger partial charge in [-0.1, -0.05) is 0 Å². The third kappa shape index (κ3) is 6.52. The van der Waals surface area contributed by atoms with Gasteiger partial charge in [0.05, 0.1) is 12.9 Å². The SMILES string of the molecule is O=c1[nH]cnc2c1nc(Br)n2[C@@H]1O[C@H](COP(=O)(O)OP(=O)(O)O)[C@@H](O)[C@H]1O.[Na].[Na]. The van der Waals surface area contributed by atoms with E-state index in [0.29, 0.717) is 0 Å². The average molecular weight is 553 g/mol. The number of nitrogens with zero attached hydrogens (tertiary/aromatic N) is 3. The van der Waals surface area contributed by atoms with Crippen LogP contribution in [-0.4, -0.2) is 128 Å². The first-order valence-electron chi connectivity index (χ1n) is 7.26. The molecule has 5 atom stereocenters. The first-order valence-corrected chi connectivity index (χ1v) is 11.1. The number of imidazole rings is 1. The van der Waals surface area contributed by atoms with Gasteiger partial charge in [0.25, 0.3) is 5.56 Å². The molecule has 1 fully saturated rings. The van der Waals surface area contributed by atoms with Gasteiger partial charge >= 0.3 is 15.6 Å². The fourth-order valence-corrected chi connectivity index (χ4v) is 4.67. The molecule has 30 heavy (non-hydrogen) atoms. The van der Waals surface area contributed by atoms with Crippen LogP contribution in [0.1, 0.15) is 6.23 Å². The minimum absolute atomic E-state index is 0. The smallest absolute Gasteiger partial charge is 0.387 e. The molecule has 158 valence electrons. The Morgan fingerprint density at radius 3 is 2.47 bits per heavy atom. The Kier molecular flexibility index (Phi) is 10.6. The van der Waals surface area contributed by atoms with Gasteiger partial charge in [-0.15, -0.1) is 0 Å². The predicted octanol–water partition coefficient (Wildman–Crippen LogP) is -2.03. The fourth-order valence-electron chi connectivity index (χ4n) is 2.52. The van der Waals surface area contributed by atoms with Crippen molar-refractivity contribution in [2.24, 2.45) is 0 Å². The van der Waals surface area contributed by atoms with Gasteiger partial charge in [0.2, 0.25) is 0 Å². The summed E-state index contributed by atoms with van der Waals surface area (Å²) in [5.41, 5.74) is -0.617. The molecule has 6 N–H and O–H groups in total. The van der Waals surface area contributed by atoms with E-state index in [1.807, 2.05) is 0 Å². The molecule has 20 heteroatoms. The molecule has 3 heterocycles. The van der Waals surface area contributed by atoms with E-state index in [4.69, 9.17) is 14.5 Å². The molecular weight excluding hydrogens is 540 g/mol. The molecule has 15 nitrogen and oxygen atoms in total. The van der Waals surface area contributed by atoms with Gasteiger partial charge < -0.3 is 34.6 Å². The van der Waals surface area contributed by atoms with E-state index >= 15 is 0 Å². The van der Waals surface area contributed by atoms with Crippen molar-refractivity contribution >= 4 is 102 Å². The number of aromatic amines is 1. The van der Waals surface area contributed by atoms with Crippen LogP contribution in [0, 0.1) is 0 Å². The quantitative estimate of drug-likeness (QED) is 0.129. The molecule has 0 bridgehead atoms. The maximum atomic E-state index is 11.8. The molecule has 0 spiro atoms. The summed E-state index contributed by atoms with van der Waals surface area (Å²) in [5.74, 6) is 0. The van der Waals surface area contributed by atoms with Gasteiger partial charge in [-0.05, 0) is 15.9 Å². The molecule has 0 aliphatic carbocycles. The zero-order chi connectivity index (χ0) is 20.9. The molecule has 0 aromatic carbocycles. The van der Waals surface area contributed by atoms with E-state index in [2.05, 4.69) is 39.7 Å². The zero-order valence-corrected chi connectivity index (χ0v) is 22.8. The number of H-pyrrole nitrogens is 1. The van der Waals surface area contributed by atoms with E-state index < -0.39 is 52.4 Å². The van der Waals surface area contributed by atoms with Crippen LogP contribution >= 0.6 is 31.6 Å². The van der Waals surface area contributed by atoms with Crippen molar-refractivity contribution in [3.05, 3.63) is 21.4 Å². The maximum Gasteiger partial charge on any atom is 0.481 e. The third-order valence-corrected chi connectivity index (χ3v) is 6.35. The topological polar surface area (TPSA) is 227 Å². The van der Waals surface area contributed by atoms with Gasteiger partial charge in [-0.2, -0.15) is 4.31 Å². The summed E-state index contributed by atoms with van der Waals surface area (Å²) in [4.78, 5) is 48.4. The number of fused-ring (bicyclic) bond motifs is 1. The van der Waals surface area contributed by atoms with Crippen LogP contribution < -0.4 is 5.56 Å². The largest absolute Gasteiger partial charge is 0.481 e. The summed E-state index contributed by atoms with van der Waals surface area (Å²) in [6.45, 7) is -0.860. The average Bonchev–Trinajstić information content (AvgIpc) is 3.02. The van der Waals surface area contributed by atoms with E-state index in [1.54, 1.807) is 0 Å². The van der Waals surface area contributed by atoms with Crippen molar-refractivity contribution in [1.29, 1.82) is 0 Å². The Bertz CT molecular complexity index is 1050. The summed E-state index contributed by atoms with van der Waals surface area (Å²) in [5, 5.41) is 20.4. The molecule has 2 aromatic heterocycles. The van der Waals surface area contributed by atoms with Crippen LogP contribution in [-0.2, 0) is 22.7 Å². The number of ether oxygens (including phenoxy) is 1. The second-order valence-corrected chi connectivity index (χ2v) is 9.08. The molecule has 1 saturated heterocycles. The molecule has 0 amide bonds. The summed E-state index contributed by atoms with van der Waals surface area (Å²) >= 11 is 3.09. The Labute approximate surface area is 219 Å². The van der Waals surface area contributed by atoms with Crippen molar-refractivity contribution < 1.29 is 47.6 Å². The normalized spacial score (nSPS) is 26.1. The summed E-state index contributed by atoms with van der Waals surface area (Å²) in [6, 6.07) is 0. The Morgan fingerprint density at radius 2 is 1.87 bits per heavy atom. The van der Waals surface area contributed by atoms with Gasteiger partial charge in [-0.25, -0.2) is 19.1 Å². The second kappa shape index (κ2) is 10.9. The van der Waals surface area contributed by atoms with Crippen LogP contribution in [0.5, 0.6) is 0 Å². The Balaban J connectivity index is 0.00000225. The van der Waals surface area contributed by atoms with Crippen molar-refractivity contribution in [2.75, 3.05) is 6.61 Å². The Hall–Kier alpha value is 0.970. The Morgan fingerprint density at radius 1 is 1.23 bits per heavy atom. The van der Waals surface area contributed by atoms with Gasteiger partial charge in [0.15, 0.2) is 22.1 Å². The van der Waals surface area contributed by atoms with Crippen LogP contribution in [0.4, 0.5) is 0 Å². The van der Waals surface area contributed by atoms with Crippen molar-refractivity contribution in [3.63, 3.8) is 0 Å². The predicted molar refractivity (Wildman–Crippen MR) is 102 cm³/mol. The second-order valence-electron chi connectivity index (χ2n) is 5.54. The first-order chi connectivity index (χ1) is 12.9. The monoisotopic (exact) mass is 552 g/mol. The van der Waals surface area contributed by atoms with Crippen LogP contribution in [0.3, 0.4) is 0 Å². The zero-order valence-electron chi connectivity index (χ0n) is 15.4. The van der Waals surface area contributed by atoms with E-state index in [0.717, 1.165) is 6.33 Å². The van der Waals surface area contributed by atoms with Crippen LogP contribution in [0.15, 0.2) is 15.9 Å². The number of aliphatic hydroxyl groups is 2. The molecule has 3 rings (SSSR count).